The average Bonchev–Trinajstić information content (AvgIpc) is 3.31. The second kappa shape index (κ2) is 7.25. The first-order chi connectivity index (χ1) is 12.1. The monoisotopic (exact) mass is 340 g/mol. The molecule has 3 aromatic rings. The molecule has 130 valence electrons. The van der Waals surface area contributed by atoms with Crippen LogP contribution in [-0.4, -0.2) is 36.6 Å². The molecule has 8 nitrogen and oxygen atoms in total. The fourth-order valence-electron chi connectivity index (χ4n) is 2.15. The van der Waals surface area contributed by atoms with E-state index in [2.05, 4.69) is 25.4 Å². The molecule has 0 fully saturated rings. The highest BCUT2D eigenvalue weighted by Gasteiger charge is 2.13. The first-order valence-corrected chi connectivity index (χ1v) is 8.25. The van der Waals surface area contributed by atoms with Crippen LogP contribution in [0.15, 0.2) is 35.4 Å². The maximum Gasteiger partial charge on any atom is 0.271 e. The molecule has 0 spiro atoms. The summed E-state index contributed by atoms with van der Waals surface area (Å²) in [5.41, 5.74) is 1.10. The standard InChI is InChI=1S/C17H20N6O2/c1-4-11(3)20-16(24)13-9-23(10-19-13)15-7-6-12(8-18-15)17-21-14(5-2)22-25-17/h6-11H,4-5H2,1-3H3,(H,20,24)/t11-/m0/s1. The lowest BCUT2D eigenvalue weighted by molar-refractivity contribution is 0.0934. The van der Waals surface area contributed by atoms with Gasteiger partial charge in [-0.2, -0.15) is 4.98 Å². The van der Waals surface area contributed by atoms with Crippen molar-refractivity contribution in [1.29, 1.82) is 0 Å². The number of aromatic nitrogens is 5. The van der Waals surface area contributed by atoms with Gasteiger partial charge in [0.05, 0.1) is 5.56 Å². The van der Waals surface area contributed by atoms with Gasteiger partial charge in [0.2, 0.25) is 0 Å². The van der Waals surface area contributed by atoms with E-state index in [0.717, 1.165) is 12.0 Å². The van der Waals surface area contributed by atoms with Crippen molar-refractivity contribution >= 4 is 5.91 Å². The molecule has 0 saturated carbocycles. The van der Waals surface area contributed by atoms with Crippen LogP contribution in [0.1, 0.15) is 43.5 Å². The summed E-state index contributed by atoms with van der Waals surface area (Å²) in [6, 6.07) is 3.76. The van der Waals surface area contributed by atoms with Gasteiger partial charge in [0, 0.05) is 24.9 Å². The van der Waals surface area contributed by atoms with E-state index in [1.54, 1.807) is 23.3 Å². The normalized spacial score (nSPS) is 12.1. The largest absolute Gasteiger partial charge is 0.348 e. The zero-order valence-electron chi connectivity index (χ0n) is 14.4. The second-order valence-corrected chi connectivity index (χ2v) is 5.72. The molecule has 0 aliphatic heterocycles. The van der Waals surface area contributed by atoms with Crippen LogP contribution in [0.2, 0.25) is 0 Å². The van der Waals surface area contributed by atoms with Gasteiger partial charge in [-0.25, -0.2) is 9.97 Å². The van der Waals surface area contributed by atoms with E-state index in [1.807, 2.05) is 32.9 Å². The van der Waals surface area contributed by atoms with E-state index >= 15 is 0 Å². The minimum atomic E-state index is -0.192. The Morgan fingerprint density at radius 1 is 1.32 bits per heavy atom. The highest BCUT2D eigenvalue weighted by molar-refractivity contribution is 5.92. The molecule has 0 saturated heterocycles. The third kappa shape index (κ3) is 3.73. The van der Waals surface area contributed by atoms with Crippen molar-refractivity contribution in [2.24, 2.45) is 0 Å². The number of hydrogen-bond acceptors (Lipinski definition) is 6. The Labute approximate surface area is 145 Å². The zero-order chi connectivity index (χ0) is 17.8. The summed E-state index contributed by atoms with van der Waals surface area (Å²) in [5.74, 6) is 1.55. The van der Waals surface area contributed by atoms with Crippen molar-refractivity contribution in [2.45, 2.75) is 39.7 Å². The molecule has 0 aliphatic carbocycles. The van der Waals surface area contributed by atoms with E-state index in [4.69, 9.17) is 4.52 Å². The molecule has 0 aromatic carbocycles. The fourth-order valence-corrected chi connectivity index (χ4v) is 2.15. The van der Waals surface area contributed by atoms with Gasteiger partial charge in [-0.3, -0.25) is 9.36 Å². The SMILES string of the molecule is CCc1noc(-c2ccc(-n3cnc(C(=O)N[C@@H](C)CC)c3)nc2)n1. The van der Waals surface area contributed by atoms with Crippen molar-refractivity contribution in [3.63, 3.8) is 0 Å². The summed E-state index contributed by atoms with van der Waals surface area (Å²) in [5, 5.41) is 6.76. The van der Waals surface area contributed by atoms with Gasteiger partial charge < -0.3 is 9.84 Å². The van der Waals surface area contributed by atoms with Crippen molar-refractivity contribution in [3.05, 3.63) is 42.4 Å². The Morgan fingerprint density at radius 3 is 2.80 bits per heavy atom. The number of pyridine rings is 1. The van der Waals surface area contributed by atoms with Gasteiger partial charge in [-0.1, -0.05) is 19.0 Å². The summed E-state index contributed by atoms with van der Waals surface area (Å²) in [6.07, 6.45) is 6.45. The van der Waals surface area contributed by atoms with Crippen molar-refractivity contribution in [3.8, 4) is 17.3 Å². The summed E-state index contributed by atoms with van der Waals surface area (Å²) in [6.45, 7) is 5.93. The lowest BCUT2D eigenvalue weighted by Gasteiger charge is -2.09. The number of rotatable bonds is 6. The molecular formula is C17H20N6O2. The Bertz CT molecular complexity index is 852. The second-order valence-electron chi connectivity index (χ2n) is 5.72. The first-order valence-electron chi connectivity index (χ1n) is 8.25. The molecule has 25 heavy (non-hydrogen) atoms. The number of carbonyl (C=O) groups excluding carboxylic acids is 1. The maximum atomic E-state index is 12.1. The smallest absolute Gasteiger partial charge is 0.271 e. The summed E-state index contributed by atoms with van der Waals surface area (Å²) >= 11 is 0. The molecule has 1 atom stereocenters. The van der Waals surface area contributed by atoms with Crippen LogP contribution in [0.25, 0.3) is 17.3 Å². The van der Waals surface area contributed by atoms with E-state index in [1.165, 1.54) is 0 Å². The number of aryl methyl sites for hydroxylation is 1. The number of imidazole rings is 1. The number of nitrogens with one attached hydrogen (secondary N) is 1. The Balaban J connectivity index is 1.75. The summed E-state index contributed by atoms with van der Waals surface area (Å²) < 4.78 is 6.89. The number of carbonyl (C=O) groups is 1. The predicted molar refractivity (Wildman–Crippen MR) is 91.2 cm³/mol. The molecule has 3 rings (SSSR count). The average molecular weight is 340 g/mol. The van der Waals surface area contributed by atoms with Gasteiger partial charge in [-0.15, -0.1) is 0 Å². The molecule has 3 aromatic heterocycles. The molecule has 0 unspecified atom stereocenters. The van der Waals surface area contributed by atoms with Crippen LogP contribution in [0.3, 0.4) is 0 Å². The number of hydrogen-bond donors (Lipinski definition) is 1. The third-order valence-electron chi connectivity index (χ3n) is 3.85. The first kappa shape index (κ1) is 16.8. The maximum absolute atomic E-state index is 12.1. The minimum Gasteiger partial charge on any atom is -0.348 e. The van der Waals surface area contributed by atoms with Gasteiger partial charge in [0.1, 0.15) is 17.8 Å². The molecule has 0 aliphatic rings. The van der Waals surface area contributed by atoms with E-state index < -0.39 is 0 Å². The van der Waals surface area contributed by atoms with E-state index in [0.29, 0.717) is 29.6 Å². The predicted octanol–water partition coefficient (Wildman–Crippen LogP) is 2.41. The van der Waals surface area contributed by atoms with E-state index in [-0.39, 0.29) is 11.9 Å². The van der Waals surface area contributed by atoms with Crippen LogP contribution >= 0.6 is 0 Å². The number of amides is 1. The quantitative estimate of drug-likeness (QED) is 0.740. The lowest BCUT2D eigenvalue weighted by atomic mass is 10.2. The highest BCUT2D eigenvalue weighted by atomic mass is 16.5. The van der Waals surface area contributed by atoms with Crippen LogP contribution < -0.4 is 5.32 Å². The van der Waals surface area contributed by atoms with Crippen LogP contribution in [0.5, 0.6) is 0 Å². The Kier molecular flexibility index (Phi) is 4.87. The number of nitrogens with zero attached hydrogens (tertiary/aromatic N) is 5. The molecule has 0 bridgehead atoms. The summed E-state index contributed by atoms with van der Waals surface area (Å²) in [7, 11) is 0. The van der Waals surface area contributed by atoms with Gasteiger partial charge >= 0.3 is 0 Å². The van der Waals surface area contributed by atoms with Crippen molar-refractivity contribution in [1.82, 2.24) is 30.0 Å². The van der Waals surface area contributed by atoms with Crippen LogP contribution in [0, 0.1) is 0 Å². The molecule has 0 radical (unpaired) electrons. The van der Waals surface area contributed by atoms with Crippen LogP contribution in [-0.2, 0) is 6.42 Å². The Hall–Kier alpha value is -3.03. The molecule has 1 amide bonds. The minimum absolute atomic E-state index is 0.109. The highest BCUT2D eigenvalue weighted by Crippen LogP contribution is 2.17. The van der Waals surface area contributed by atoms with Gasteiger partial charge in [0.25, 0.3) is 11.8 Å². The van der Waals surface area contributed by atoms with Crippen molar-refractivity contribution < 1.29 is 9.32 Å². The summed E-state index contributed by atoms with van der Waals surface area (Å²) in [4.78, 5) is 24.9. The molecule has 8 heteroatoms. The zero-order valence-corrected chi connectivity index (χ0v) is 14.4. The van der Waals surface area contributed by atoms with Gasteiger partial charge in [-0.05, 0) is 25.5 Å². The van der Waals surface area contributed by atoms with E-state index in [9.17, 15) is 4.79 Å². The topological polar surface area (TPSA) is 98.7 Å². The van der Waals surface area contributed by atoms with Crippen LogP contribution in [0.4, 0.5) is 0 Å². The van der Waals surface area contributed by atoms with Crippen molar-refractivity contribution in [2.75, 3.05) is 0 Å². The molecule has 3 heterocycles. The fraction of sp³-hybridized carbons (Fsp3) is 0.353. The third-order valence-corrected chi connectivity index (χ3v) is 3.85. The molecule has 1 N–H and O–H groups in total. The molecular weight excluding hydrogens is 320 g/mol. The lowest BCUT2D eigenvalue weighted by Crippen LogP contribution is -2.32. The Morgan fingerprint density at radius 2 is 2.16 bits per heavy atom. The van der Waals surface area contributed by atoms with Gasteiger partial charge in [0.15, 0.2) is 5.82 Å².